The Kier molecular flexibility index (Phi) is 6.22. The summed E-state index contributed by atoms with van der Waals surface area (Å²) in [5.41, 5.74) is 3.13. The van der Waals surface area contributed by atoms with Crippen LogP contribution in [-0.4, -0.2) is 24.4 Å². The molecule has 0 amide bonds. The maximum Gasteiger partial charge on any atom is 0.154 e. The second-order valence-electron chi connectivity index (χ2n) is 5.93. The first-order chi connectivity index (χ1) is 11.0. The Hall–Kier alpha value is -1.81. The third-order valence-corrected chi connectivity index (χ3v) is 3.96. The van der Waals surface area contributed by atoms with E-state index in [0.717, 1.165) is 47.6 Å². The lowest BCUT2D eigenvalue weighted by molar-refractivity contribution is 0.391. The van der Waals surface area contributed by atoms with E-state index in [1.165, 1.54) is 0 Å². The fourth-order valence-corrected chi connectivity index (χ4v) is 2.66. The molecule has 0 aliphatic carbocycles. The highest BCUT2D eigenvalue weighted by Crippen LogP contribution is 2.26. The van der Waals surface area contributed by atoms with Gasteiger partial charge in [-0.2, -0.15) is 5.10 Å². The van der Waals surface area contributed by atoms with Gasteiger partial charge < -0.3 is 9.47 Å². The van der Waals surface area contributed by atoms with Crippen molar-refractivity contribution in [3.8, 4) is 11.5 Å². The van der Waals surface area contributed by atoms with Gasteiger partial charge >= 0.3 is 0 Å². The van der Waals surface area contributed by atoms with Crippen LogP contribution >= 0.6 is 11.6 Å². The number of ether oxygens (including phenoxy) is 2. The third-order valence-electron chi connectivity index (χ3n) is 3.64. The lowest BCUT2D eigenvalue weighted by Crippen LogP contribution is -2.03. The highest BCUT2D eigenvalue weighted by molar-refractivity contribution is 6.30. The number of rotatable bonds is 7. The van der Waals surface area contributed by atoms with Crippen molar-refractivity contribution in [1.29, 1.82) is 0 Å². The van der Waals surface area contributed by atoms with Crippen LogP contribution in [0.1, 0.15) is 30.7 Å². The molecular weight excluding hydrogens is 312 g/mol. The molecule has 0 spiro atoms. The van der Waals surface area contributed by atoms with Gasteiger partial charge in [-0.1, -0.05) is 31.5 Å². The van der Waals surface area contributed by atoms with Crippen LogP contribution < -0.4 is 9.47 Å². The number of methoxy groups -OCH3 is 2. The van der Waals surface area contributed by atoms with Crippen LogP contribution in [0.15, 0.2) is 24.3 Å². The molecule has 2 aromatic rings. The van der Waals surface area contributed by atoms with Crippen LogP contribution in [0.25, 0.3) is 0 Å². The summed E-state index contributed by atoms with van der Waals surface area (Å²) in [4.78, 5) is 0. The van der Waals surface area contributed by atoms with Crippen molar-refractivity contribution in [3.63, 3.8) is 0 Å². The molecule has 0 N–H and O–H groups in total. The number of aryl methyl sites for hydroxylation is 2. The van der Waals surface area contributed by atoms with Crippen molar-refractivity contribution < 1.29 is 9.47 Å². The van der Waals surface area contributed by atoms with E-state index in [0.29, 0.717) is 11.1 Å². The predicted octanol–water partition coefficient (Wildman–Crippen LogP) is 4.13. The molecule has 0 fully saturated rings. The number of nitrogens with zero attached hydrogens (tertiary/aromatic N) is 2. The normalized spacial score (nSPS) is 10.9. The molecule has 124 valence electrons. The summed E-state index contributed by atoms with van der Waals surface area (Å²) in [6.07, 6.45) is 2.52. The van der Waals surface area contributed by atoms with Crippen LogP contribution in [0.5, 0.6) is 11.5 Å². The number of halogens is 1. The minimum Gasteiger partial charge on any atom is -0.497 e. The molecule has 4 nitrogen and oxygen atoms in total. The first-order valence-corrected chi connectivity index (χ1v) is 8.13. The Balaban J connectivity index is 2.11. The smallest absolute Gasteiger partial charge is 0.154 e. The van der Waals surface area contributed by atoms with Gasteiger partial charge in [-0.15, -0.1) is 5.10 Å². The van der Waals surface area contributed by atoms with Gasteiger partial charge in [0.25, 0.3) is 0 Å². The molecule has 0 radical (unpaired) electrons. The first kappa shape index (κ1) is 17.5. The van der Waals surface area contributed by atoms with Crippen molar-refractivity contribution in [3.05, 3.63) is 46.2 Å². The molecule has 0 unspecified atom stereocenters. The van der Waals surface area contributed by atoms with E-state index >= 15 is 0 Å². The van der Waals surface area contributed by atoms with Gasteiger partial charge in [0.15, 0.2) is 5.15 Å². The number of benzene rings is 1. The highest BCUT2D eigenvalue weighted by atomic mass is 35.5. The summed E-state index contributed by atoms with van der Waals surface area (Å²) < 4.78 is 10.7. The second kappa shape index (κ2) is 8.16. The van der Waals surface area contributed by atoms with Gasteiger partial charge in [0.1, 0.15) is 11.5 Å². The Morgan fingerprint density at radius 2 is 1.78 bits per heavy atom. The van der Waals surface area contributed by atoms with Crippen molar-refractivity contribution >= 4 is 11.6 Å². The summed E-state index contributed by atoms with van der Waals surface area (Å²) in [5.74, 6) is 2.15. The van der Waals surface area contributed by atoms with Crippen molar-refractivity contribution in [2.75, 3.05) is 14.2 Å². The minimum atomic E-state index is 0.504. The topological polar surface area (TPSA) is 44.2 Å². The van der Waals surface area contributed by atoms with E-state index < -0.39 is 0 Å². The van der Waals surface area contributed by atoms with Gasteiger partial charge in [-0.3, -0.25) is 0 Å². The van der Waals surface area contributed by atoms with E-state index in [1.807, 2.05) is 18.2 Å². The molecule has 0 atom stereocenters. The largest absolute Gasteiger partial charge is 0.497 e. The van der Waals surface area contributed by atoms with Crippen LogP contribution in [-0.2, 0) is 19.3 Å². The van der Waals surface area contributed by atoms with E-state index in [4.69, 9.17) is 21.1 Å². The molecule has 2 rings (SSSR count). The molecule has 0 bridgehead atoms. The fourth-order valence-electron chi connectivity index (χ4n) is 2.49. The Labute approximate surface area is 142 Å². The zero-order valence-electron chi connectivity index (χ0n) is 14.1. The number of hydrogen-bond acceptors (Lipinski definition) is 4. The van der Waals surface area contributed by atoms with Crippen molar-refractivity contribution in [1.82, 2.24) is 10.2 Å². The Morgan fingerprint density at radius 3 is 2.43 bits per heavy atom. The maximum atomic E-state index is 6.13. The second-order valence-corrected chi connectivity index (χ2v) is 6.29. The van der Waals surface area contributed by atoms with E-state index in [1.54, 1.807) is 14.2 Å². The minimum absolute atomic E-state index is 0.504. The summed E-state index contributed by atoms with van der Waals surface area (Å²) in [6, 6.07) is 7.92. The first-order valence-electron chi connectivity index (χ1n) is 7.75. The molecule has 23 heavy (non-hydrogen) atoms. The third kappa shape index (κ3) is 4.83. The molecule has 0 aliphatic heterocycles. The van der Waals surface area contributed by atoms with Crippen LogP contribution in [0.3, 0.4) is 0 Å². The van der Waals surface area contributed by atoms with Gasteiger partial charge in [0.05, 0.1) is 19.9 Å². The van der Waals surface area contributed by atoms with Gasteiger partial charge in [0, 0.05) is 6.07 Å². The lowest BCUT2D eigenvalue weighted by Gasteiger charge is -2.11. The molecule has 0 aliphatic rings. The SMILES string of the molecule is COc1ccc(CCc2cc(CC(C)C)c(Cl)nn2)c(OC)c1. The average molecular weight is 335 g/mol. The molecular formula is C18H23ClN2O2. The fraction of sp³-hybridized carbons (Fsp3) is 0.444. The maximum absolute atomic E-state index is 6.13. The van der Waals surface area contributed by atoms with E-state index in [2.05, 4.69) is 30.1 Å². The molecule has 0 saturated heterocycles. The summed E-state index contributed by atoms with van der Waals surface area (Å²) in [5, 5.41) is 8.79. The summed E-state index contributed by atoms with van der Waals surface area (Å²) in [7, 11) is 3.31. The Morgan fingerprint density at radius 1 is 1.00 bits per heavy atom. The Bertz CT molecular complexity index is 659. The lowest BCUT2D eigenvalue weighted by atomic mass is 10.0. The standard InChI is InChI=1S/C18H23ClN2O2/c1-12(2)9-14-10-15(20-21-18(14)19)7-5-13-6-8-16(22-3)11-17(13)23-4/h6,8,10-12H,5,7,9H2,1-4H3. The predicted molar refractivity (Wildman–Crippen MR) is 92.5 cm³/mol. The molecule has 1 aromatic carbocycles. The zero-order chi connectivity index (χ0) is 16.8. The van der Waals surface area contributed by atoms with Crippen molar-refractivity contribution in [2.24, 2.45) is 5.92 Å². The van der Waals surface area contributed by atoms with Crippen LogP contribution in [0.2, 0.25) is 5.15 Å². The quantitative estimate of drug-likeness (QED) is 0.763. The molecule has 5 heteroatoms. The average Bonchev–Trinajstić information content (AvgIpc) is 2.55. The monoisotopic (exact) mass is 334 g/mol. The van der Waals surface area contributed by atoms with Crippen molar-refractivity contribution in [2.45, 2.75) is 33.1 Å². The summed E-state index contributed by atoms with van der Waals surface area (Å²) in [6.45, 7) is 4.33. The number of aromatic nitrogens is 2. The molecule has 1 heterocycles. The number of hydrogen-bond donors (Lipinski definition) is 0. The van der Waals surface area contributed by atoms with Gasteiger partial charge in [-0.25, -0.2) is 0 Å². The summed E-state index contributed by atoms with van der Waals surface area (Å²) >= 11 is 6.13. The van der Waals surface area contributed by atoms with Gasteiger partial charge in [-0.05, 0) is 48.4 Å². The van der Waals surface area contributed by atoms with Gasteiger partial charge in [0.2, 0.25) is 0 Å². The van der Waals surface area contributed by atoms with E-state index in [-0.39, 0.29) is 0 Å². The molecule has 0 saturated carbocycles. The van der Waals surface area contributed by atoms with E-state index in [9.17, 15) is 0 Å². The molecule has 1 aromatic heterocycles. The van der Waals surface area contributed by atoms with Crippen LogP contribution in [0.4, 0.5) is 0 Å². The highest BCUT2D eigenvalue weighted by Gasteiger charge is 2.10. The zero-order valence-corrected chi connectivity index (χ0v) is 14.9. The van der Waals surface area contributed by atoms with Crippen LogP contribution in [0, 0.1) is 5.92 Å².